The Morgan fingerprint density at radius 1 is 1.18 bits per heavy atom. The van der Waals surface area contributed by atoms with Crippen LogP contribution in [0.25, 0.3) is 11.3 Å². The monoisotopic (exact) mass is 296 g/mol. The number of hydrogen-bond donors (Lipinski definition) is 0. The van der Waals surface area contributed by atoms with Crippen LogP contribution >= 0.6 is 0 Å². The molecule has 0 aromatic carbocycles. The van der Waals surface area contributed by atoms with Crippen molar-refractivity contribution < 1.29 is 4.79 Å². The number of aromatic nitrogens is 3. The van der Waals surface area contributed by atoms with Gasteiger partial charge >= 0.3 is 0 Å². The van der Waals surface area contributed by atoms with Crippen LogP contribution in [0.1, 0.15) is 30.3 Å². The van der Waals surface area contributed by atoms with Crippen molar-refractivity contribution >= 4 is 11.4 Å². The second kappa shape index (κ2) is 6.05. The van der Waals surface area contributed by atoms with Crippen LogP contribution in [0.2, 0.25) is 0 Å². The number of carbonyl (C=O) groups is 1. The van der Waals surface area contributed by atoms with Crippen LogP contribution in [0.4, 0.5) is 0 Å². The fourth-order valence-electron chi connectivity index (χ4n) is 2.49. The molecule has 5 heteroatoms. The molecule has 0 aliphatic carbocycles. The number of hydrogen-bond acceptors (Lipinski definition) is 2. The van der Waals surface area contributed by atoms with E-state index in [9.17, 15) is 4.79 Å². The summed E-state index contributed by atoms with van der Waals surface area (Å²) in [5, 5.41) is 4.44. The van der Waals surface area contributed by atoms with E-state index in [1.165, 1.54) is 0 Å². The maximum atomic E-state index is 12.3. The van der Waals surface area contributed by atoms with Gasteiger partial charge in [0.1, 0.15) is 5.82 Å². The largest absolute Gasteiger partial charge is 0.340 e. The molecule has 0 unspecified atom stereocenters. The smallest absolute Gasteiger partial charge is 0.274 e. The zero-order chi connectivity index (χ0) is 15.5. The molecular weight excluding hydrogens is 276 g/mol. The molecule has 3 heterocycles. The molecule has 22 heavy (non-hydrogen) atoms. The van der Waals surface area contributed by atoms with Gasteiger partial charge in [0.2, 0.25) is 0 Å². The van der Waals surface area contributed by atoms with E-state index < -0.39 is 0 Å². The van der Waals surface area contributed by atoms with Gasteiger partial charge in [-0.1, -0.05) is 19.4 Å². The minimum absolute atomic E-state index is 0.0342. The lowest BCUT2D eigenvalue weighted by Gasteiger charge is -2.14. The molecular formula is C17H20N4O. The van der Waals surface area contributed by atoms with Crippen LogP contribution in [0.15, 0.2) is 48.8 Å². The summed E-state index contributed by atoms with van der Waals surface area (Å²) >= 11 is 0. The summed E-state index contributed by atoms with van der Waals surface area (Å²) in [5.74, 6) is 0.888. The Labute approximate surface area is 129 Å². The highest BCUT2D eigenvalue weighted by Crippen LogP contribution is 2.14. The van der Waals surface area contributed by atoms with E-state index in [1.807, 2.05) is 54.2 Å². The van der Waals surface area contributed by atoms with Gasteiger partial charge in [-0.3, -0.25) is 4.79 Å². The lowest BCUT2D eigenvalue weighted by molar-refractivity contribution is 0.0787. The summed E-state index contributed by atoms with van der Waals surface area (Å²) in [6, 6.07) is 11.8. The SMILES string of the molecule is CCCCN(C)C(=O)c1ccn(-c2ccc3ccccn23)n1. The van der Waals surface area contributed by atoms with Crippen LogP contribution in [-0.4, -0.2) is 38.6 Å². The fourth-order valence-corrected chi connectivity index (χ4v) is 2.49. The van der Waals surface area contributed by atoms with Crippen molar-refractivity contribution in [3.05, 3.63) is 54.5 Å². The Morgan fingerprint density at radius 2 is 2.05 bits per heavy atom. The molecule has 0 bridgehead atoms. The standard InChI is InChI=1S/C17H20N4O/c1-3-4-11-19(2)17(22)15-10-13-21(18-15)16-9-8-14-7-5-6-12-20(14)16/h5-10,12-13H,3-4,11H2,1-2H3. The molecule has 0 saturated heterocycles. The molecule has 0 radical (unpaired) electrons. The Kier molecular flexibility index (Phi) is 3.96. The molecule has 5 nitrogen and oxygen atoms in total. The quantitative estimate of drug-likeness (QED) is 0.726. The highest BCUT2D eigenvalue weighted by Gasteiger charge is 2.15. The van der Waals surface area contributed by atoms with Gasteiger partial charge in [-0.15, -0.1) is 0 Å². The van der Waals surface area contributed by atoms with Gasteiger partial charge in [-0.2, -0.15) is 5.10 Å². The molecule has 3 aromatic heterocycles. The first kappa shape index (κ1) is 14.4. The van der Waals surface area contributed by atoms with Crippen molar-refractivity contribution in [3.63, 3.8) is 0 Å². The van der Waals surface area contributed by atoms with Crippen molar-refractivity contribution in [1.29, 1.82) is 0 Å². The summed E-state index contributed by atoms with van der Waals surface area (Å²) < 4.78 is 3.79. The van der Waals surface area contributed by atoms with Crippen molar-refractivity contribution in [1.82, 2.24) is 19.1 Å². The maximum absolute atomic E-state index is 12.3. The number of amides is 1. The van der Waals surface area contributed by atoms with E-state index in [1.54, 1.807) is 15.6 Å². The first-order valence-electron chi connectivity index (χ1n) is 7.58. The highest BCUT2D eigenvalue weighted by atomic mass is 16.2. The van der Waals surface area contributed by atoms with E-state index in [0.29, 0.717) is 5.69 Å². The molecule has 0 N–H and O–H groups in total. The van der Waals surface area contributed by atoms with Gasteiger partial charge in [0.25, 0.3) is 5.91 Å². The van der Waals surface area contributed by atoms with Crippen molar-refractivity contribution in [3.8, 4) is 5.82 Å². The topological polar surface area (TPSA) is 42.5 Å². The fraction of sp³-hybridized carbons (Fsp3) is 0.294. The van der Waals surface area contributed by atoms with Crippen LogP contribution in [-0.2, 0) is 0 Å². The number of pyridine rings is 1. The predicted octanol–water partition coefficient (Wildman–Crippen LogP) is 3.00. The first-order valence-corrected chi connectivity index (χ1v) is 7.58. The van der Waals surface area contributed by atoms with Crippen LogP contribution in [0.5, 0.6) is 0 Å². The Balaban J connectivity index is 1.86. The van der Waals surface area contributed by atoms with Crippen LogP contribution < -0.4 is 0 Å². The molecule has 1 amide bonds. The molecule has 0 saturated carbocycles. The molecule has 0 aliphatic heterocycles. The van der Waals surface area contributed by atoms with Crippen molar-refractivity contribution in [2.75, 3.05) is 13.6 Å². The van der Waals surface area contributed by atoms with Gasteiger partial charge in [-0.25, -0.2) is 4.68 Å². The zero-order valence-corrected chi connectivity index (χ0v) is 12.9. The normalized spacial score (nSPS) is 11.0. The van der Waals surface area contributed by atoms with Crippen molar-refractivity contribution in [2.24, 2.45) is 0 Å². The Bertz CT molecular complexity index is 787. The number of nitrogens with zero attached hydrogens (tertiary/aromatic N) is 4. The average Bonchev–Trinajstić information content (AvgIpc) is 3.18. The van der Waals surface area contributed by atoms with Gasteiger partial charge < -0.3 is 9.30 Å². The molecule has 0 spiro atoms. The van der Waals surface area contributed by atoms with E-state index in [0.717, 1.165) is 30.7 Å². The first-order chi connectivity index (χ1) is 10.7. The maximum Gasteiger partial charge on any atom is 0.274 e. The van der Waals surface area contributed by atoms with Gasteiger partial charge in [0.15, 0.2) is 5.69 Å². The third-order valence-corrected chi connectivity index (χ3v) is 3.78. The second-order valence-electron chi connectivity index (χ2n) is 5.41. The van der Waals surface area contributed by atoms with Crippen LogP contribution in [0, 0.1) is 0 Å². The predicted molar refractivity (Wildman–Crippen MR) is 86.4 cm³/mol. The lowest BCUT2D eigenvalue weighted by atomic mass is 10.3. The molecule has 114 valence electrons. The highest BCUT2D eigenvalue weighted by molar-refractivity contribution is 5.92. The average molecular weight is 296 g/mol. The van der Waals surface area contributed by atoms with E-state index in [2.05, 4.69) is 12.0 Å². The molecule has 3 rings (SSSR count). The number of rotatable bonds is 5. The minimum Gasteiger partial charge on any atom is -0.340 e. The molecule has 0 aliphatic rings. The molecule has 3 aromatic rings. The van der Waals surface area contributed by atoms with Gasteiger partial charge in [-0.05, 0) is 36.8 Å². The van der Waals surface area contributed by atoms with Gasteiger partial charge in [0.05, 0.1) is 0 Å². The summed E-state index contributed by atoms with van der Waals surface area (Å²) in [5.41, 5.74) is 1.57. The zero-order valence-electron chi connectivity index (χ0n) is 12.9. The van der Waals surface area contributed by atoms with E-state index in [-0.39, 0.29) is 5.91 Å². The minimum atomic E-state index is -0.0342. The number of unbranched alkanes of at least 4 members (excludes halogenated alkanes) is 1. The third kappa shape index (κ3) is 2.62. The van der Waals surface area contributed by atoms with Gasteiger partial charge in [0, 0.05) is 31.5 Å². The second-order valence-corrected chi connectivity index (χ2v) is 5.41. The third-order valence-electron chi connectivity index (χ3n) is 3.78. The number of fused-ring (bicyclic) bond motifs is 1. The molecule has 0 fully saturated rings. The number of carbonyl (C=O) groups excluding carboxylic acids is 1. The summed E-state index contributed by atoms with van der Waals surface area (Å²) in [7, 11) is 1.82. The molecule has 0 atom stereocenters. The Hall–Kier alpha value is -2.56. The van der Waals surface area contributed by atoms with E-state index in [4.69, 9.17) is 0 Å². The summed E-state index contributed by atoms with van der Waals surface area (Å²) in [6.45, 7) is 2.88. The lowest BCUT2D eigenvalue weighted by Crippen LogP contribution is -2.28. The van der Waals surface area contributed by atoms with Crippen molar-refractivity contribution in [2.45, 2.75) is 19.8 Å². The van der Waals surface area contributed by atoms with Crippen LogP contribution in [0.3, 0.4) is 0 Å². The Morgan fingerprint density at radius 3 is 2.86 bits per heavy atom. The van der Waals surface area contributed by atoms with E-state index >= 15 is 0 Å². The summed E-state index contributed by atoms with van der Waals surface area (Å²) in [4.78, 5) is 14.1. The summed E-state index contributed by atoms with van der Waals surface area (Å²) in [6.07, 6.45) is 5.89.